The molecule has 11 heteroatoms. The van der Waals surface area contributed by atoms with Gasteiger partial charge in [-0.15, -0.1) is 0 Å². The van der Waals surface area contributed by atoms with E-state index in [1.807, 2.05) is 11.5 Å². The van der Waals surface area contributed by atoms with Gasteiger partial charge in [-0.3, -0.25) is 4.79 Å². The van der Waals surface area contributed by atoms with Crippen molar-refractivity contribution in [2.24, 2.45) is 0 Å². The van der Waals surface area contributed by atoms with Crippen LogP contribution in [0.2, 0.25) is 0 Å². The number of nitrogens with one attached hydrogen (secondary N) is 1. The summed E-state index contributed by atoms with van der Waals surface area (Å²) in [5, 5.41) is 7.32. The summed E-state index contributed by atoms with van der Waals surface area (Å²) < 4.78 is 35.9. The van der Waals surface area contributed by atoms with Crippen molar-refractivity contribution in [1.82, 2.24) is 29.1 Å². The second kappa shape index (κ2) is 10.0. The molecule has 0 aliphatic carbocycles. The van der Waals surface area contributed by atoms with Crippen molar-refractivity contribution in [2.75, 3.05) is 18.5 Å². The molecule has 0 spiro atoms. The molecule has 0 saturated heterocycles. The summed E-state index contributed by atoms with van der Waals surface area (Å²) in [5.74, 6) is -1.35. The molecule has 4 heterocycles. The third-order valence-corrected chi connectivity index (χ3v) is 5.43. The number of imidazole rings is 2. The van der Waals surface area contributed by atoms with Crippen molar-refractivity contribution in [3.63, 3.8) is 0 Å². The van der Waals surface area contributed by atoms with E-state index in [-0.39, 0.29) is 17.2 Å². The van der Waals surface area contributed by atoms with Gasteiger partial charge in [-0.1, -0.05) is 0 Å². The van der Waals surface area contributed by atoms with Gasteiger partial charge in [-0.05, 0) is 49.4 Å². The number of carbonyl (C=O) groups is 1. The van der Waals surface area contributed by atoms with Crippen LogP contribution in [-0.4, -0.2) is 48.3 Å². The maximum atomic E-state index is 13.5. The number of amides is 1. The van der Waals surface area contributed by atoms with Gasteiger partial charge in [0.15, 0.2) is 11.5 Å². The molecule has 0 aliphatic rings. The minimum absolute atomic E-state index is 0.121. The van der Waals surface area contributed by atoms with E-state index in [1.54, 1.807) is 36.8 Å². The first-order valence-electron chi connectivity index (χ1n) is 11.2. The van der Waals surface area contributed by atoms with Gasteiger partial charge in [-0.25, -0.2) is 23.9 Å². The summed E-state index contributed by atoms with van der Waals surface area (Å²) in [5.41, 5.74) is 3.34. The highest BCUT2D eigenvalue weighted by atomic mass is 19.1. The average Bonchev–Trinajstić information content (AvgIpc) is 3.48. The Hall–Kier alpha value is -4.51. The van der Waals surface area contributed by atoms with E-state index in [0.717, 1.165) is 17.3 Å². The molecule has 1 N–H and O–H groups in total. The molecule has 1 aromatic carbocycles. The summed E-state index contributed by atoms with van der Waals surface area (Å²) in [4.78, 5) is 24.9. The molecule has 5 aromatic rings. The Balaban J connectivity index is 1.49. The molecule has 5 rings (SSSR count). The highest BCUT2D eigenvalue weighted by Gasteiger charge is 2.18. The summed E-state index contributed by atoms with van der Waals surface area (Å²) >= 11 is 0. The smallest absolute Gasteiger partial charge is 0.257 e. The minimum Gasteiger partial charge on any atom is -0.380 e. The second-order valence-electron chi connectivity index (χ2n) is 7.81. The normalized spacial score (nSPS) is 11.2. The molecule has 0 fully saturated rings. The highest BCUT2D eigenvalue weighted by Crippen LogP contribution is 2.30. The molecule has 0 radical (unpaired) electrons. The first kappa shape index (κ1) is 23.2. The number of halogens is 2. The number of rotatable bonds is 8. The van der Waals surface area contributed by atoms with Crippen molar-refractivity contribution < 1.29 is 18.3 Å². The van der Waals surface area contributed by atoms with Gasteiger partial charge < -0.3 is 14.6 Å². The molecule has 0 unspecified atom stereocenters. The SMILES string of the molecule is CCOCCn1cnc(-c2ccc(F)cc2)c1-c1ccc2nc(NC(=O)c3ccnc(F)c3)cn2n1. The van der Waals surface area contributed by atoms with Crippen LogP contribution >= 0.6 is 0 Å². The van der Waals surface area contributed by atoms with Gasteiger partial charge >= 0.3 is 0 Å². The number of carbonyl (C=O) groups excluding carboxylic acids is 1. The number of hydrogen-bond acceptors (Lipinski definition) is 6. The number of anilines is 1. The third kappa shape index (κ3) is 4.82. The number of pyridine rings is 1. The molecule has 4 aromatic heterocycles. The van der Waals surface area contributed by atoms with Gasteiger partial charge in [-0.2, -0.15) is 9.49 Å². The standard InChI is InChI=1S/C25H21F2N7O2/c1-2-36-12-11-33-15-29-23(16-3-5-18(26)6-4-16)24(33)19-7-8-22-30-21(14-34(22)32-19)31-25(35)17-9-10-28-20(27)13-17/h3-10,13-15H,2,11-12H2,1H3,(H,31,35). The van der Waals surface area contributed by atoms with Crippen LogP contribution in [0.5, 0.6) is 0 Å². The Labute approximate surface area is 204 Å². The molecule has 0 saturated carbocycles. The lowest BCUT2D eigenvalue weighted by Gasteiger charge is -2.10. The molecule has 36 heavy (non-hydrogen) atoms. The number of aromatic nitrogens is 6. The van der Waals surface area contributed by atoms with Gasteiger partial charge in [0.1, 0.15) is 11.5 Å². The van der Waals surface area contributed by atoms with Gasteiger partial charge in [0.2, 0.25) is 5.95 Å². The number of ether oxygens (including phenoxy) is 1. The maximum Gasteiger partial charge on any atom is 0.257 e. The quantitative estimate of drug-likeness (QED) is 0.259. The molecule has 0 bridgehead atoms. The Morgan fingerprint density at radius 1 is 1.08 bits per heavy atom. The predicted octanol–water partition coefficient (Wildman–Crippen LogP) is 4.22. The van der Waals surface area contributed by atoms with Gasteiger partial charge in [0.05, 0.1) is 30.5 Å². The minimum atomic E-state index is -0.748. The molecule has 0 aliphatic heterocycles. The lowest BCUT2D eigenvalue weighted by atomic mass is 10.1. The zero-order valence-corrected chi connectivity index (χ0v) is 19.2. The maximum absolute atomic E-state index is 13.5. The van der Waals surface area contributed by atoms with E-state index in [2.05, 4.69) is 25.4 Å². The summed E-state index contributed by atoms with van der Waals surface area (Å²) in [6.45, 7) is 3.55. The second-order valence-corrected chi connectivity index (χ2v) is 7.81. The average molecular weight is 489 g/mol. The number of nitrogens with zero attached hydrogens (tertiary/aromatic N) is 6. The van der Waals surface area contributed by atoms with Gasteiger partial charge in [0.25, 0.3) is 5.91 Å². The fourth-order valence-electron chi connectivity index (χ4n) is 3.75. The van der Waals surface area contributed by atoms with Crippen molar-refractivity contribution in [3.05, 3.63) is 84.6 Å². The van der Waals surface area contributed by atoms with Gasteiger partial charge in [0, 0.05) is 36.5 Å². The number of hydrogen-bond donors (Lipinski definition) is 1. The molecule has 9 nitrogen and oxygen atoms in total. The zero-order chi connectivity index (χ0) is 25.1. The van der Waals surface area contributed by atoms with Crippen LogP contribution in [0.4, 0.5) is 14.6 Å². The van der Waals surface area contributed by atoms with Crippen molar-refractivity contribution >= 4 is 17.4 Å². The molecule has 1 amide bonds. The monoisotopic (exact) mass is 489 g/mol. The largest absolute Gasteiger partial charge is 0.380 e. The number of fused-ring (bicyclic) bond motifs is 1. The Morgan fingerprint density at radius 2 is 1.92 bits per heavy atom. The Bertz CT molecular complexity index is 1530. The Kier molecular flexibility index (Phi) is 6.46. The van der Waals surface area contributed by atoms with E-state index in [0.29, 0.717) is 36.8 Å². The summed E-state index contributed by atoms with van der Waals surface area (Å²) in [6, 6.07) is 12.1. The van der Waals surface area contributed by atoms with Crippen LogP contribution in [0.25, 0.3) is 28.3 Å². The van der Waals surface area contributed by atoms with E-state index in [4.69, 9.17) is 4.74 Å². The fraction of sp³-hybridized carbons (Fsp3) is 0.160. The van der Waals surface area contributed by atoms with E-state index in [9.17, 15) is 13.6 Å². The van der Waals surface area contributed by atoms with Crippen LogP contribution in [-0.2, 0) is 11.3 Å². The summed E-state index contributed by atoms with van der Waals surface area (Å²) in [7, 11) is 0. The first-order valence-corrected chi connectivity index (χ1v) is 11.2. The lowest BCUT2D eigenvalue weighted by molar-refractivity contribution is 0.102. The molecular weight excluding hydrogens is 468 g/mol. The van der Waals surface area contributed by atoms with Crippen molar-refractivity contribution in [3.8, 4) is 22.6 Å². The zero-order valence-electron chi connectivity index (χ0n) is 19.2. The predicted molar refractivity (Wildman–Crippen MR) is 128 cm³/mol. The highest BCUT2D eigenvalue weighted by molar-refractivity contribution is 6.03. The number of benzene rings is 1. The van der Waals surface area contributed by atoms with Crippen LogP contribution in [0.15, 0.2) is 67.3 Å². The lowest BCUT2D eigenvalue weighted by Crippen LogP contribution is -2.12. The first-order chi connectivity index (χ1) is 17.5. The molecule has 182 valence electrons. The van der Waals surface area contributed by atoms with E-state index >= 15 is 0 Å². The van der Waals surface area contributed by atoms with Crippen molar-refractivity contribution in [2.45, 2.75) is 13.5 Å². The van der Waals surface area contributed by atoms with Crippen LogP contribution in [0.1, 0.15) is 17.3 Å². The van der Waals surface area contributed by atoms with E-state index in [1.165, 1.54) is 28.9 Å². The Morgan fingerprint density at radius 3 is 2.69 bits per heavy atom. The summed E-state index contributed by atoms with van der Waals surface area (Å²) in [6.07, 6.45) is 4.48. The topological polar surface area (TPSA) is 99.2 Å². The van der Waals surface area contributed by atoms with E-state index < -0.39 is 11.9 Å². The van der Waals surface area contributed by atoms with Crippen LogP contribution in [0, 0.1) is 11.8 Å². The third-order valence-electron chi connectivity index (χ3n) is 5.43. The van der Waals surface area contributed by atoms with Crippen molar-refractivity contribution in [1.29, 1.82) is 0 Å². The molecule has 0 atom stereocenters. The fourth-order valence-corrected chi connectivity index (χ4v) is 3.75. The molecular formula is C25H21F2N7O2. The van der Waals surface area contributed by atoms with Crippen LogP contribution < -0.4 is 5.32 Å². The van der Waals surface area contributed by atoms with Crippen LogP contribution in [0.3, 0.4) is 0 Å².